The lowest BCUT2D eigenvalue weighted by Gasteiger charge is -2.22. The van der Waals surface area contributed by atoms with Gasteiger partial charge in [-0.1, -0.05) is 42.0 Å². The number of hydrogen-bond donors (Lipinski definition) is 1. The standard InChI is InChI=1S/C18H21NOS/c1-13-9-11-15(12-10-13)21(20)17-8-4-6-14-5-2-3-7-16(14)18(17)19/h2-3,5,7,9-12,17-18H,4,6,8,19H2,1H3. The van der Waals surface area contributed by atoms with E-state index in [0.717, 1.165) is 24.2 Å². The van der Waals surface area contributed by atoms with Crippen LogP contribution < -0.4 is 5.73 Å². The fourth-order valence-corrected chi connectivity index (χ4v) is 4.60. The highest BCUT2D eigenvalue weighted by atomic mass is 32.2. The minimum atomic E-state index is -1.05. The topological polar surface area (TPSA) is 43.1 Å². The number of benzene rings is 2. The number of fused-ring (bicyclic) bond motifs is 1. The molecule has 1 aliphatic rings. The summed E-state index contributed by atoms with van der Waals surface area (Å²) in [5.41, 5.74) is 10.1. The molecule has 0 fully saturated rings. The number of aryl methyl sites for hydroxylation is 2. The monoisotopic (exact) mass is 299 g/mol. The molecule has 0 amide bonds. The van der Waals surface area contributed by atoms with Crippen LogP contribution >= 0.6 is 0 Å². The predicted octanol–water partition coefficient (Wildman–Crippen LogP) is 3.51. The highest BCUT2D eigenvalue weighted by molar-refractivity contribution is 7.85. The molecule has 0 aliphatic heterocycles. The van der Waals surface area contributed by atoms with Gasteiger partial charge in [0.15, 0.2) is 0 Å². The summed E-state index contributed by atoms with van der Waals surface area (Å²) in [6.07, 6.45) is 2.99. The van der Waals surface area contributed by atoms with Gasteiger partial charge in [-0.05, 0) is 49.4 Å². The molecule has 3 unspecified atom stereocenters. The van der Waals surface area contributed by atoms with E-state index >= 15 is 0 Å². The fraction of sp³-hybridized carbons (Fsp3) is 0.333. The third kappa shape index (κ3) is 2.94. The van der Waals surface area contributed by atoms with Crippen LogP contribution in [0.3, 0.4) is 0 Å². The average Bonchev–Trinajstić information content (AvgIpc) is 2.67. The zero-order valence-electron chi connectivity index (χ0n) is 12.3. The van der Waals surface area contributed by atoms with E-state index in [9.17, 15) is 4.21 Å². The molecule has 21 heavy (non-hydrogen) atoms. The summed E-state index contributed by atoms with van der Waals surface area (Å²) in [6.45, 7) is 2.04. The summed E-state index contributed by atoms with van der Waals surface area (Å²) < 4.78 is 12.9. The van der Waals surface area contributed by atoms with E-state index in [1.165, 1.54) is 16.7 Å². The molecule has 0 saturated heterocycles. The summed E-state index contributed by atoms with van der Waals surface area (Å²) >= 11 is 0. The van der Waals surface area contributed by atoms with E-state index in [-0.39, 0.29) is 11.3 Å². The largest absolute Gasteiger partial charge is 0.323 e. The minimum Gasteiger partial charge on any atom is -0.323 e. The predicted molar refractivity (Wildman–Crippen MR) is 87.7 cm³/mol. The Morgan fingerprint density at radius 1 is 1.10 bits per heavy atom. The summed E-state index contributed by atoms with van der Waals surface area (Å²) in [5.74, 6) is 0. The van der Waals surface area contributed by atoms with Crippen LogP contribution in [-0.2, 0) is 17.2 Å². The summed E-state index contributed by atoms with van der Waals surface area (Å²) in [6, 6.07) is 16.1. The number of hydrogen-bond acceptors (Lipinski definition) is 2. The molecule has 2 aromatic carbocycles. The second kappa shape index (κ2) is 6.12. The SMILES string of the molecule is Cc1ccc(S(=O)C2CCCc3ccccc3C2N)cc1. The fourth-order valence-electron chi connectivity index (χ4n) is 3.05. The smallest absolute Gasteiger partial charge is 0.0587 e. The van der Waals surface area contributed by atoms with Crippen molar-refractivity contribution >= 4 is 10.8 Å². The minimum absolute atomic E-state index is 0.00337. The first-order valence-electron chi connectivity index (χ1n) is 7.47. The van der Waals surface area contributed by atoms with Gasteiger partial charge in [0.25, 0.3) is 0 Å². The lowest BCUT2D eigenvalue weighted by atomic mass is 10.00. The molecule has 0 saturated carbocycles. The second-order valence-electron chi connectivity index (χ2n) is 5.77. The molecule has 0 heterocycles. The summed E-state index contributed by atoms with van der Waals surface area (Å²) in [4.78, 5) is 0.889. The van der Waals surface area contributed by atoms with E-state index in [4.69, 9.17) is 5.73 Å². The first-order valence-corrected chi connectivity index (χ1v) is 8.69. The van der Waals surface area contributed by atoms with Crippen molar-refractivity contribution in [3.05, 3.63) is 65.2 Å². The van der Waals surface area contributed by atoms with Crippen molar-refractivity contribution in [2.45, 2.75) is 42.4 Å². The first kappa shape index (κ1) is 14.5. The van der Waals surface area contributed by atoms with Gasteiger partial charge in [-0.15, -0.1) is 0 Å². The van der Waals surface area contributed by atoms with E-state index in [0.29, 0.717) is 0 Å². The van der Waals surface area contributed by atoms with Crippen LogP contribution in [0.4, 0.5) is 0 Å². The van der Waals surface area contributed by atoms with Gasteiger partial charge < -0.3 is 5.73 Å². The Morgan fingerprint density at radius 3 is 2.57 bits per heavy atom. The summed E-state index contributed by atoms with van der Waals surface area (Å²) in [5, 5.41) is -0.00337. The van der Waals surface area contributed by atoms with Crippen molar-refractivity contribution in [1.29, 1.82) is 0 Å². The molecule has 3 rings (SSSR count). The Kier molecular flexibility index (Phi) is 4.22. The molecule has 1 aliphatic carbocycles. The highest BCUT2D eigenvalue weighted by Crippen LogP contribution is 2.32. The maximum absolute atomic E-state index is 12.9. The van der Waals surface area contributed by atoms with Gasteiger partial charge in [0, 0.05) is 10.9 Å². The normalized spacial score (nSPS) is 23.1. The molecule has 2 N–H and O–H groups in total. The second-order valence-corrected chi connectivity index (χ2v) is 7.44. The first-order chi connectivity index (χ1) is 10.2. The quantitative estimate of drug-likeness (QED) is 0.862. The van der Waals surface area contributed by atoms with Crippen molar-refractivity contribution < 1.29 is 4.21 Å². The molecule has 0 bridgehead atoms. The van der Waals surface area contributed by atoms with Gasteiger partial charge in [0.2, 0.25) is 0 Å². The Hall–Kier alpha value is -1.45. The Morgan fingerprint density at radius 2 is 1.81 bits per heavy atom. The van der Waals surface area contributed by atoms with Crippen LogP contribution in [0.5, 0.6) is 0 Å². The number of nitrogens with two attached hydrogens (primary N) is 1. The van der Waals surface area contributed by atoms with Gasteiger partial charge in [0.1, 0.15) is 0 Å². The van der Waals surface area contributed by atoms with E-state index in [1.54, 1.807) is 0 Å². The van der Waals surface area contributed by atoms with Gasteiger partial charge in [0.05, 0.1) is 16.0 Å². The maximum Gasteiger partial charge on any atom is 0.0587 e. The van der Waals surface area contributed by atoms with E-state index in [2.05, 4.69) is 18.2 Å². The van der Waals surface area contributed by atoms with Crippen LogP contribution in [0.15, 0.2) is 53.4 Å². The van der Waals surface area contributed by atoms with Gasteiger partial charge in [-0.2, -0.15) is 0 Å². The van der Waals surface area contributed by atoms with Crippen LogP contribution in [-0.4, -0.2) is 9.46 Å². The average molecular weight is 299 g/mol. The van der Waals surface area contributed by atoms with Crippen LogP contribution in [0.25, 0.3) is 0 Å². The van der Waals surface area contributed by atoms with E-state index < -0.39 is 10.8 Å². The summed E-state index contributed by atoms with van der Waals surface area (Å²) in [7, 11) is -1.05. The Bertz CT molecular complexity index is 651. The Labute approximate surface area is 128 Å². The zero-order chi connectivity index (χ0) is 14.8. The molecular weight excluding hydrogens is 278 g/mol. The third-order valence-electron chi connectivity index (χ3n) is 4.28. The van der Waals surface area contributed by atoms with Crippen molar-refractivity contribution in [1.82, 2.24) is 0 Å². The molecule has 0 radical (unpaired) electrons. The van der Waals surface area contributed by atoms with Crippen molar-refractivity contribution in [2.75, 3.05) is 0 Å². The molecule has 3 heteroatoms. The van der Waals surface area contributed by atoms with Crippen LogP contribution in [0.1, 0.15) is 35.6 Å². The number of rotatable bonds is 2. The third-order valence-corrected chi connectivity index (χ3v) is 6.09. The van der Waals surface area contributed by atoms with Gasteiger partial charge in [-0.3, -0.25) is 4.21 Å². The van der Waals surface area contributed by atoms with Crippen LogP contribution in [0, 0.1) is 6.92 Å². The Balaban J connectivity index is 1.91. The zero-order valence-corrected chi connectivity index (χ0v) is 13.1. The van der Waals surface area contributed by atoms with E-state index in [1.807, 2.05) is 37.3 Å². The molecule has 0 spiro atoms. The van der Waals surface area contributed by atoms with Gasteiger partial charge >= 0.3 is 0 Å². The molecule has 3 atom stereocenters. The molecule has 2 aromatic rings. The molecule has 110 valence electrons. The molecule has 0 aromatic heterocycles. The highest BCUT2D eigenvalue weighted by Gasteiger charge is 2.29. The maximum atomic E-state index is 12.9. The van der Waals surface area contributed by atoms with Crippen LogP contribution in [0.2, 0.25) is 0 Å². The lowest BCUT2D eigenvalue weighted by Crippen LogP contribution is -2.29. The van der Waals surface area contributed by atoms with Crippen molar-refractivity contribution in [2.24, 2.45) is 5.73 Å². The molecular formula is C18H21NOS. The lowest BCUT2D eigenvalue weighted by molar-refractivity contribution is 0.597. The van der Waals surface area contributed by atoms with Crippen molar-refractivity contribution in [3.63, 3.8) is 0 Å². The molecule has 2 nitrogen and oxygen atoms in total. The van der Waals surface area contributed by atoms with Gasteiger partial charge in [-0.25, -0.2) is 0 Å². The van der Waals surface area contributed by atoms with Crippen molar-refractivity contribution in [3.8, 4) is 0 Å².